The van der Waals surface area contributed by atoms with Gasteiger partial charge in [-0.15, -0.1) is 0 Å². The average Bonchev–Trinajstić information content (AvgIpc) is 2.62. The number of alkyl halides is 2. The van der Waals surface area contributed by atoms with E-state index in [0.717, 1.165) is 0 Å². The number of hydrogen-bond acceptors (Lipinski definition) is 5. The van der Waals surface area contributed by atoms with Crippen LogP contribution in [0.1, 0.15) is 12.5 Å². The van der Waals surface area contributed by atoms with Crippen LogP contribution in [0, 0.1) is 11.3 Å². The first-order chi connectivity index (χ1) is 12.9. The van der Waals surface area contributed by atoms with Gasteiger partial charge in [-0.05, 0) is 41.1 Å². The van der Waals surface area contributed by atoms with Crippen molar-refractivity contribution < 1.29 is 27.8 Å². The van der Waals surface area contributed by atoms with Crippen LogP contribution >= 0.6 is 15.9 Å². The molecule has 9 heteroatoms. The number of nitrogens with one attached hydrogen (secondary N) is 1. The third kappa shape index (κ3) is 5.82. The quantitative estimate of drug-likeness (QED) is 0.660. The highest BCUT2D eigenvalue weighted by Crippen LogP contribution is 2.37. The summed E-state index contributed by atoms with van der Waals surface area (Å²) >= 11 is 3.27. The summed E-state index contributed by atoms with van der Waals surface area (Å²) in [5.74, 6) is -0.185. The number of para-hydroxylation sites is 2. The maximum atomic E-state index is 12.4. The number of nitriles is 1. The van der Waals surface area contributed by atoms with Gasteiger partial charge in [0.1, 0.15) is 5.75 Å². The summed E-state index contributed by atoms with van der Waals surface area (Å²) in [4.78, 5) is 12.1. The molecule has 0 radical (unpaired) electrons. The van der Waals surface area contributed by atoms with Crippen LogP contribution in [-0.4, -0.2) is 25.7 Å². The van der Waals surface area contributed by atoms with E-state index in [1.807, 2.05) is 6.07 Å². The highest BCUT2D eigenvalue weighted by Gasteiger charge is 2.16. The Hall–Kier alpha value is -2.86. The largest absolute Gasteiger partial charge is 0.490 e. The SMILES string of the molecule is CCOc1cc(C#N)cc(Br)c1OCC(=O)Nc1ccccc1OC(F)F. The number of carbonyl (C=O) groups is 1. The Labute approximate surface area is 162 Å². The second-order valence-electron chi connectivity index (χ2n) is 5.04. The molecule has 2 aromatic rings. The van der Waals surface area contributed by atoms with Gasteiger partial charge in [-0.3, -0.25) is 4.79 Å². The first-order valence-electron chi connectivity index (χ1n) is 7.77. The number of nitrogens with zero attached hydrogens (tertiary/aromatic N) is 1. The lowest BCUT2D eigenvalue weighted by Gasteiger charge is -2.15. The van der Waals surface area contributed by atoms with Crippen LogP contribution in [0.2, 0.25) is 0 Å². The Morgan fingerprint density at radius 3 is 2.67 bits per heavy atom. The predicted octanol–water partition coefficient (Wildman–Crippen LogP) is 4.34. The van der Waals surface area contributed by atoms with Crippen molar-refractivity contribution in [2.75, 3.05) is 18.5 Å². The highest BCUT2D eigenvalue weighted by molar-refractivity contribution is 9.10. The summed E-state index contributed by atoms with van der Waals surface area (Å²) in [6.45, 7) is -1.32. The minimum atomic E-state index is -3.01. The summed E-state index contributed by atoms with van der Waals surface area (Å²) in [7, 11) is 0. The van der Waals surface area contributed by atoms with E-state index in [4.69, 9.17) is 14.7 Å². The van der Waals surface area contributed by atoms with Crippen LogP contribution in [0.25, 0.3) is 0 Å². The molecule has 0 spiro atoms. The first-order valence-corrected chi connectivity index (χ1v) is 8.56. The molecule has 0 aliphatic heterocycles. The van der Waals surface area contributed by atoms with Crippen LogP contribution in [0.15, 0.2) is 40.9 Å². The van der Waals surface area contributed by atoms with Crippen LogP contribution < -0.4 is 19.5 Å². The van der Waals surface area contributed by atoms with Crippen molar-refractivity contribution in [2.24, 2.45) is 0 Å². The summed E-state index contributed by atoms with van der Waals surface area (Å²) in [5, 5.41) is 11.5. The molecule has 0 heterocycles. The molecule has 2 rings (SSSR count). The van der Waals surface area contributed by atoms with Crippen LogP contribution in [-0.2, 0) is 4.79 Å². The van der Waals surface area contributed by atoms with Crippen molar-refractivity contribution in [3.8, 4) is 23.3 Å². The van der Waals surface area contributed by atoms with E-state index < -0.39 is 19.1 Å². The maximum absolute atomic E-state index is 12.4. The molecule has 142 valence electrons. The van der Waals surface area contributed by atoms with Crippen molar-refractivity contribution in [3.63, 3.8) is 0 Å². The summed E-state index contributed by atoms with van der Waals surface area (Å²) < 4.78 is 40.6. The maximum Gasteiger partial charge on any atom is 0.387 e. The number of hydrogen-bond donors (Lipinski definition) is 1. The number of amides is 1. The van der Waals surface area contributed by atoms with Crippen molar-refractivity contribution in [1.29, 1.82) is 5.26 Å². The number of carbonyl (C=O) groups excluding carboxylic acids is 1. The molecule has 6 nitrogen and oxygen atoms in total. The summed E-state index contributed by atoms with van der Waals surface area (Å²) in [6, 6.07) is 10.8. The highest BCUT2D eigenvalue weighted by atomic mass is 79.9. The third-order valence-electron chi connectivity index (χ3n) is 3.16. The number of anilines is 1. The molecular formula is C18H15BrF2N2O4. The molecule has 0 saturated heterocycles. The molecule has 0 aliphatic rings. The van der Waals surface area contributed by atoms with Gasteiger partial charge in [-0.1, -0.05) is 12.1 Å². The van der Waals surface area contributed by atoms with Gasteiger partial charge >= 0.3 is 6.61 Å². The smallest absolute Gasteiger partial charge is 0.387 e. The Kier molecular flexibility index (Phi) is 7.37. The molecule has 0 aliphatic carbocycles. The van der Waals surface area contributed by atoms with Gasteiger partial charge in [-0.25, -0.2) is 0 Å². The predicted molar refractivity (Wildman–Crippen MR) is 97.2 cm³/mol. The molecule has 27 heavy (non-hydrogen) atoms. The van der Waals surface area contributed by atoms with Crippen LogP contribution in [0.4, 0.5) is 14.5 Å². The van der Waals surface area contributed by atoms with Gasteiger partial charge in [0.25, 0.3) is 5.91 Å². The number of rotatable bonds is 8. The van der Waals surface area contributed by atoms with E-state index in [9.17, 15) is 13.6 Å². The van der Waals surface area contributed by atoms with E-state index in [1.165, 1.54) is 30.3 Å². The monoisotopic (exact) mass is 440 g/mol. The van der Waals surface area contributed by atoms with Gasteiger partial charge in [0.15, 0.2) is 18.1 Å². The molecule has 1 amide bonds. The minimum absolute atomic E-state index is 0.0929. The van der Waals surface area contributed by atoms with Crippen molar-refractivity contribution in [2.45, 2.75) is 13.5 Å². The van der Waals surface area contributed by atoms with E-state index in [2.05, 4.69) is 26.0 Å². The fourth-order valence-corrected chi connectivity index (χ4v) is 2.68. The third-order valence-corrected chi connectivity index (χ3v) is 3.75. The Morgan fingerprint density at radius 2 is 2.00 bits per heavy atom. The lowest BCUT2D eigenvalue weighted by atomic mass is 10.2. The van der Waals surface area contributed by atoms with Gasteiger partial charge in [0, 0.05) is 6.07 Å². The topological polar surface area (TPSA) is 80.6 Å². The van der Waals surface area contributed by atoms with Crippen LogP contribution in [0.5, 0.6) is 17.2 Å². The number of benzene rings is 2. The Balaban J connectivity index is 2.10. The second kappa shape index (κ2) is 9.73. The van der Waals surface area contributed by atoms with Gasteiger partial charge in [0.05, 0.1) is 28.4 Å². The van der Waals surface area contributed by atoms with Crippen molar-refractivity contribution in [1.82, 2.24) is 0 Å². The molecule has 0 bridgehead atoms. The molecular weight excluding hydrogens is 426 g/mol. The van der Waals surface area contributed by atoms with Gasteiger partial charge in [0.2, 0.25) is 0 Å². The Morgan fingerprint density at radius 1 is 1.26 bits per heavy atom. The molecule has 0 unspecified atom stereocenters. The van der Waals surface area contributed by atoms with Gasteiger partial charge in [-0.2, -0.15) is 14.0 Å². The van der Waals surface area contributed by atoms with Crippen molar-refractivity contribution in [3.05, 3.63) is 46.4 Å². The molecule has 0 fully saturated rings. The Bertz CT molecular complexity index is 856. The first kappa shape index (κ1) is 20.5. The lowest BCUT2D eigenvalue weighted by molar-refractivity contribution is -0.118. The second-order valence-corrected chi connectivity index (χ2v) is 5.90. The lowest BCUT2D eigenvalue weighted by Crippen LogP contribution is -2.21. The van der Waals surface area contributed by atoms with Crippen molar-refractivity contribution >= 4 is 27.5 Å². The normalized spacial score (nSPS) is 10.2. The standard InChI is InChI=1S/C18H15BrF2N2O4/c1-2-25-15-8-11(9-22)7-12(19)17(15)26-10-16(24)23-13-5-3-4-6-14(13)27-18(20)21/h3-8,18H,2,10H2,1H3,(H,23,24). The molecule has 0 atom stereocenters. The number of ether oxygens (including phenoxy) is 3. The zero-order valence-electron chi connectivity index (χ0n) is 14.2. The minimum Gasteiger partial charge on any atom is -0.490 e. The summed E-state index contributed by atoms with van der Waals surface area (Å²) in [5.41, 5.74) is 0.454. The van der Waals surface area contributed by atoms with E-state index >= 15 is 0 Å². The zero-order chi connectivity index (χ0) is 19.8. The molecule has 1 N–H and O–H groups in total. The van der Waals surface area contributed by atoms with E-state index in [1.54, 1.807) is 13.0 Å². The van der Waals surface area contributed by atoms with E-state index in [-0.39, 0.29) is 17.2 Å². The molecule has 0 saturated carbocycles. The molecule has 2 aromatic carbocycles. The molecule has 0 aromatic heterocycles. The fourth-order valence-electron chi connectivity index (χ4n) is 2.13. The van der Waals surface area contributed by atoms with Gasteiger partial charge < -0.3 is 19.5 Å². The number of halogens is 3. The van der Waals surface area contributed by atoms with E-state index in [0.29, 0.717) is 22.4 Å². The average molecular weight is 441 g/mol. The van der Waals surface area contributed by atoms with Crippen LogP contribution in [0.3, 0.4) is 0 Å². The zero-order valence-corrected chi connectivity index (χ0v) is 15.8. The fraction of sp³-hybridized carbons (Fsp3) is 0.222. The summed E-state index contributed by atoms with van der Waals surface area (Å²) in [6.07, 6.45) is 0.